The van der Waals surface area contributed by atoms with Crippen molar-refractivity contribution < 1.29 is 9.53 Å². The maximum atomic E-state index is 13.2. The number of thiophene rings is 1. The fraction of sp³-hybridized carbons (Fsp3) is 0.261. The van der Waals surface area contributed by atoms with Gasteiger partial charge < -0.3 is 4.74 Å². The molecule has 6 nitrogen and oxygen atoms in total. The zero-order valence-corrected chi connectivity index (χ0v) is 19.4. The van der Waals surface area contributed by atoms with E-state index in [1.54, 1.807) is 22.3 Å². The van der Waals surface area contributed by atoms with Crippen LogP contribution < -0.4 is 9.64 Å². The lowest BCUT2D eigenvalue weighted by atomic mass is 10.3. The Morgan fingerprint density at radius 2 is 2.13 bits per heavy atom. The first kappa shape index (κ1) is 21.3. The highest BCUT2D eigenvalue weighted by molar-refractivity contribution is 7.22. The molecule has 0 N–H and O–H groups in total. The molecule has 31 heavy (non-hydrogen) atoms. The Hall–Kier alpha value is -2.97. The smallest absolute Gasteiger partial charge is 0.252 e. The molecule has 1 aromatic carbocycles. The van der Waals surface area contributed by atoms with Crippen LogP contribution in [0.3, 0.4) is 0 Å². The van der Waals surface area contributed by atoms with Crippen molar-refractivity contribution in [2.75, 3.05) is 18.1 Å². The summed E-state index contributed by atoms with van der Waals surface area (Å²) in [6.07, 6.45) is 3.46. The third-order valence-electron chi connectivity index (χ3n) is 4.74. The molecule has 4 aromatic rings. The fourth-order valence-corrected chi connectivity index (χ4v) is 4.96. The quantitative estimate of drug-likeness (QED) is 0.340. The van der Waals surface area contributed by atoms with Gasteiger partial charge in [0.2, 0.25) is 0 Å². The molecule has 0 aliphatic heterocycles. The number of ether oxygens (including phenoxy) is 1. The Kier molecular flexibility index (Phi) is 6.48. The molecule has 0 bridgehead atoms. The van der Waals surface area contributed by atoms with E-state index in [2.05, 4.69) is 5.10 Å². The monoisotopic (exact) mass is 452 g/mol. The molecule has 3 heterocycles. The van der Waals surface area contributed by atoms with Gasteiger partial charge in [-0.3, -0.25) is 14.4 Å². The second kappa shape index (κ2) is 9.45. The molecule has 0 atom stereocenters. The van der Waals surface area contributed by atoms with Crippen LogP contribution in [0.4, 0.5) is 5.13 Å². The summed E-state index contributed by atoms with van der Waals surface area (Å²) in [7, 11) is 0. The van der Waals surface area contributed by atoms with Crippen LogP contribution in [-0.2, 0) is 11.3 Å². The minimum Gasteiger partial charge on any atom is -0.492 e. The molecular formula is C23H24N4O2S2. The van der Waals surface area contributed by atoms with Crippen LogP contribution in [0.15, 0.2) is 47.9 Å². The molecule has 0 radical (unpaired) electrons. The van der Waals surface area contributed by atoms with Crippen molar-refractivity contribution in [1.82, 2.24) is 14.8 Å². The number of hydrogen-bond donors (Lipinski definition) is 0. The van der Waals surface area contributed by atoms with Gasteiger partial charge in [0.15, 0.2) is 5.13 Å². The molecule has 0 aliphatic rings. The van der Waals surface area contributed by atoms with Crippen LogP contribution in [-0.4, -0.2) is 33.8 Å². The summed E-state index contributed by atoms with van der Waals surface area (Å²) in [6.45, 7) is 7.57. The van der Waals surface area contributed by atoms with Gasteiger partial charge in [0.1, 0.15) is 11.3 Å². The molecular weight excluding hydrogens is 428 g/mol. The molecule has 1 amide bonds. The molecule has 160 valence electrons. The number of thiazole rings is 1. The molecule has 0 unspecified atom stereocenters. The van der Waals surface area contributed by atoms with E-state index in [-0.39, 0.29) is 5.91 Å². The Morgan fingerprint density at radius 1 is 1.26 bits per heavy atom. The van der Waals surface area contributed by atoms with Crippen LogP contribution in [0.25, 0.3) is 16.3 Å². The number of anilines is 1. The van der Waals surface area contributed by atoms with Gasteiger partial charge in [-0.2, -0.15) is 5.10 Å². The topological polar surface area (TPSA) is 60.2 Å². The molecule has 0 saturated carbocycles. The number of aryl methyl sites for hydroxylation is 2. The fourth-order valence-electron chi connectivity index (χ4n) is 3.32. The van der Waals surface area contributed by atoms with Gasteiger partial charge in [-0.25, -0.2) is 4.98 Å². The molecule has 0 saturated heterocycles. The van der Waals surface area contributed by atoms with Crippen molar-refractivity contribution in [3.8, 4) is 5.75 Å². The first-order chi connectivity index (χ1) is 15.0. The van der Waals surface area contributed by atoms with Gasteiger partial charge >= 0.3 is 0 Å². The molecule has 8 heteroatoms. The number of rotatable bonds is 8. The standard InChI is InChI=1S/C23H24N4O2S2/c1-4-29-19-8-5-9-20-22(19)24-23(31-20)26(12-13-27-17(3)15-16(2)25-27)21(28)11-10-18-7-6-14-30-18/h5-11,14-15H,4,12-13H2,1-3H3. The maximum Gasteiger partial charge on any atom is 0.252 e. The Balaban J connectivity index is 1.65. The number of carbonyl (C=O) groups is 1. The minimum atomic E-state index is -0.105. The van der Waals surface area contributed by atoms with Crippen molar-refractivity contribution >= 4 is 50.0 Å². The van der Waals surface area contributed by atoms with Crippen LogP contribution in [0, 0.1) is 13.8 Å². The minimum absolute atomic E-state index is 0.105. The normalized spacial score (nSPS) is 11.5. The van der Waals surface area contributed by atoms with E-state index in [4.69, 9.17) is 9.72 Å². The Labute approximate surface area is 189 Å². The summed E-state index contributed by atoms with van der Waals surface area (Å²) >= 11 is 3.09. The van der Waals surface area contributed by atoms with E-state index in [1.165, 1.54) is 11.3 Å². The summed E-state index contributed by atoms with van der Waals surface area (Å²) in [5.41, 5.74) is 2.83. The van der Waals surface area contributed by atoms with Gasteiger partial charge in [0.05, 0.1) is 23.5 Å². The highest BCUT2D eigenvalue weighted by Crippen LogP contribution is 2.34. The van der Waals surface area contributed by atoms with Crippen molar-refractivity contribution in [3.63, 3.8) is 0 Å². The number of amides is 1. The third kappa shape index (κ3) is 4.86. The largest absolute Gasteiger partial charge is 0.492 e. The van der Waals surface area contributed by atoms with Crippen molar-refractivity contribution in [1.29, 1.82) is 0 Å². The van der Waals surface area contributed by atoms with Gasteiger partial charge in [0.25, 0.3) is 5.91 Å². The number of para-hydroxylation sites is 1. The zero-order valence-electron chi connectivity index (χ0n) is 17.7. The molecule has 3 aromatic heterocycles. The number of benzene rings is 1. The van der Waals surface area contributed by atoms with Gasteiger partial charge in [-0.15, -0.1) is 11.3 Å². The van der Waals surface area contributed by atoms with Gasteiger partial charge in [-0.1, -0.05) is 23.5 Å². The second-order valence-electron chi connectivity index (χ2n) is 7.02. The van der Waals surface area contributed by atoms with Crippen LogP contribution in [0.5, 0.6) is 5.75 Å². The number of aromatic nitrogens is 3. The lowest BCUT2D eigenvalue weighted by Crippen LogP contribution is -2.33. The van der Waals surface area contributed by atoms with Crippen molar-refractivity contribution in [3.05, 3.63) is 64.1 Å². The first-order valence-corrected chi connectivity index (χ1v) is 11.8. The van der Waals surface area contributed by atoms with E-state index in [0.29, 0.717) is 24.8 Å². The number of fused-ring (bicyclic) bond motifs is 1. The van der Waals surface area contributed by atoms with Crippen LogP contribution in [0.2, 0.25) is 0 Å². The third-order valence-corrected chi connectivity index (χ3v) is 6.62. The lowest BCUT2D eigenvalue weighted by molar-refractivity contribution is -0.114. The summed E-state index contributed by atoms with van der Waals surface area (Å²) in [5.74, 6) is 0.634. The van der Waals surface area contributed by atoms with Crippen LogP contribution >= 0.6 is 22.7 Å². The van der Waals surface area contributed by atoms with Crippen molar-refractivity contribution in [2.24, 2.45) is 0 Å². The van der Waals surface area contributed by atoms with Crippen molar-refractivity contribution in [2.45, 2.75) is 27.3 Å². The second-order valence-corrected chi connectivity index (χ2v) is 9.01. The summed E-state index contributed by atoms with van der Waals surface area (Å²) in [5, 5.41) is 7.18. The van der Waals surface area contributed by atoms with E-state index in [0.717, 1.165) is 32.2 Å². The van der Waals surface area contributed by atoms with Gasteiger partial charge in [0, 0.05) is 23.2 Å². The SMILES string of the molecule is CCOc1cccc2sc(N(CCn3nc(C)cc3C)C(=O)C=Cc3cccs3)nc12. The highest BCUT2D eigenvalue weighted by atomic mass is 32.1. The number of nitrogens with zero attached hydrogens (tertiary/aromatic N) is 4. The first-order valence-electron chi connectivity index (χ1n) is 10.1. The highest BCUT2D eigenvalue weighted by Gasteiger charge is 2.20. The zero-order chi connectivity index (χ0) is 21.8. The molecule has 0 aliphatic carbocycles. The van der Waals surface area contributed by atoms with E-state index in [1.807, 2.05) is 73.3 Å². The molecule has 0 fully saturated rings. The molecule has 4 rings (SSSR count). The summed E-state index contributed by atoms with van der Waals surface area (Å²) in [4.78, 5) is 20.7. The predicted molar refractivity (Wildman–Crippen MR) is 128 cm³/mol. The molecule has 0 spiro atoms. The summed E-state index contributed by atoms with van der Waals surface area (Å²) in [6, 6.07) is 11.9. The lowest BCUT2D eigenvalue weighted by Gasteiger charge is -2.18. The summed E-state index contributed by atoms with van der Waals surface area (Å²) < 4.78 is 8.65. The Bertz CT molecular complexity index is 1210. The van der Waals surface area contributed by atoms with E-state index < -0.39 is 0 Å². The Morgan fingerprint density at radius 3 is 2.84 bits per heavy atom. The number of carbonyl (C=O) groups excluding carboxylic acids is 1. The maximum absolute atomic E-state index is 13.2. The average molecular weight is 453 g/mol. The van der Waals surface area contributed by atoms with E-state index in [9.17, 15) is 4.79 Å². The number of hydrogen-bond acceptors (Lipinski definition) is 6. The predicted octanol–water partition coefficient (Wildman–Crippen LogP) is 5.32. The van der Waals surface area contributed by atoms with Crippen LogP contribution in [0.1, 0.15) is 23.2 Å². The average Bonchev–Trinajstić information content (AvgIpc) is 3.47. The van der Waals surface area contributed by atoms with E-state index >= 15 is 0 Å². The van der Waals surface area contributed by atoms with Gasteiger partial charge in [-0.05, 0) is 56.5 Å².